The van der Waals surface area contributed by atoms with Gasteiger partial charge in [-0.2, -0.15) is 0 Å². The largest absolute Gasteiger partial charge is 0.352 e. The normalized spacial score (nSPS) is 41.6. The fourth-order valence-corrected chi connectivity index (χ4v) is 1.42. The minimum absolute atomic E-state index is 0.0532. The Morgan fingerprint density at radius 3 is 3.11 bits per heavy atom. The summed E-state index contributed by atoms with van der Waals surface area (Å²) >= 11 is 0. The van der Waals surface area contributed by atoms with E-state index in [9.17, 15) is 0 Å². The van der Waals surface area contributed by atoms with Gasteiger partial charge < -0.3 is 9.47 Å². The van der Waals surface area contributed by atoms with Crippen LogP contribution in [0.2, 0.25) is 0 Å². The van der Waals surface area contributed by atoms with Crippen LogP contribution in [0, 0.1) is 5.92 Å². The predicted octanol–water partition coefficient (Wildman–Crippen LogP) is 0.935. The van der Waals surface area contributed by atoms with Crippen molar-refractivity contribution in [2.75, 3.05) is 13.2 Å². The number of fused-ring (bicyclic) bond motifs is 1. The van der Waals surface area contributed by atoms with Crippen molar-refractivity contribution in [3.8, 4) is 0 Å². The molecule has 2 saturated heterocycles. The molecule has 0 aromatic carbocycles. The van der Waals surface area contributed by atoms with Crippen molar-refractivity contribution in [1.29, 1.82) is 0 Å². The molecule has 2 atom stereocenters. The van der Waals surface area contributed by atoms with Crippen LogP contribution < -0.4 is 0 Å². The van der Waals surface area contributed by atoms with Crippen molar-refractivity contribution in [1.82, 2.24) is 0 Å². The standard InChI is InChI=1S/C7H10O2/c1-5-4-9-7-6(5)2-3-8-7/h6-7H,1-4H2/t6?,7-/m1/s1. The second-order valence-electron chi connectivity index (χ2n) is 2.60. The quantitative estimate of drug-likeness (QED) is 0.450. The molecule has 9 heavy (non-hydrogen) atoms. The highest BCUT2D eigenvalue weighted by Gasteiger charge is 2.36. The van der Waals surface area contributed by atoms with Gasteiger partial charge in [0, 0.05) is 5.92 Å². The van der Waals surface area contributed by atoms with Crippen LogP contribution in [0.5, 0.6) is 0 Å². The summed E-state index contributed by atoms with van der Waals surface area (Å²) in [5.41, 5.74) is 1.21. The smallest absolute Gasteiger partial charge is 0.164 e. The van der Waals surface area contributed by atoms with E-state index in [-0.39, 0.29) is 6.29 Å². The molecule has 0 radical (unpaired) electrons. The molecule has 0 amide bonds. The summed E-state index contributed by atoms with van der Waals surface area (Å²) in [6.45, 7) is 5.44. The fourth-order valence-electron chi connectivity index (χ4n) is 1.42. The van der Waals surface area contributed by atoms with Crippen molar-refractivity contribution in [3.63, 3.8) is 0 Å². The molecule has 1 unspecified atom stereocenters. The highest BCUT2D eigenvalue weighted by atomic mass is 16.7. The molecular formula is C7H10O2. The van der Waals surface area contributed by atoms with Gasteiger partial charge in [0.15, 0.2) is 6.29 Å². The lowest BCUT2D eigenvalue weighted by Gasteiger charge is -2.04. The zero-order valence-electron chi connectivity index (χ0n) is 5.30. The fraction of sp³-hybridized carbons (Fsp3) is 0.714. The topological polar surface area (TPSA) is 18.5 Å². The first-order valence-electron chi connectivity index (χ1n) is 3.29. The number of hydrogen-bond donors (Lipinski definition) is 0. The van der Waals surface area contributed by atoms with Crippen LogP contribution >= 0.6 is 0 Å². The lowest BCUT2D eigenvalue weighted by molar-refractivity contribution is -0.0904. The Morgan fingerprint density at radius 1 is 1.44 bits per heavy atom. The highest BCUT2D eigenvalue weighted by Crippen LogP contribution is 2.33. The van der Waals surface area contributed by atoms with E-state index in [1.807, 2.05) is 0 Å². The molecular weight excluding hydrogens is 116 g/mol. The molecule has 0 aromatic rings. The second kappa shape index (κ2) is 1.82. The van der Waals surface area contributed by atoms with Crippen molar-refractivity contribution in [2.45, 2.75) is 12.7 Å². The summed E-state index contributed by atoms with van der Waals surface area (Å²) in [5.74, 6) is 0.505. The number of hydrogen-bond acceptors (Lipinski definition) is 2. The van der Waals surface area contributed by atoms with Gasteiger partial charge in [0.1, 0.15) is 0 Å². The summed E-state index contributed by atoms with van der Waals surface area (Å²) in [7, 11) is 0. The van der Waals surface area contributed by atoms with Crippen molar-refractivity contribution >= 4 is 0 Å². The lowest BCUT2D eigenvalue weighted by atomic mass is 10.0. The first-order valence-corrected chi connectivity index (χ1v) is 3.29. The minimum Gasteiger partial charge on any atom is -0.352 e. The number of ether oxygens (including phenoxy) is 2. The maximum atomic E-state index is 5.27. The Balaban J connectivity index is 2.15. The summed E-state index contributed by atoms with van der Waals surface area (Å²) < 4.78 is 10.5. The lowest BCUT2D eigenvalue weighted by Crippen LogP contribution is -2.09. The van der Waals surface area contributed by atoms with E-state index >= 15 is 0 Å². The third kappa shape index (κ3) is 0.705. The van der Waals surface area contributed by atoms with Gasteiger partial charge in [-0.3, -0.25) is 0 Å². The summed E-state index contributed by atoms with van der Waals surface area (Å²) in [4.78, 5) is 0. The average Bonchev–Trinajstić information content (AvgIpc) is 2.35. The number of rotatable bonds is 0. The van der Waals surface area contributed by atoms with Gasteiger partial charge in [0.05, 0.1) is 13.2 Å². The van der Waals surface area contributed by atoms with Gasteiger partial charge in [-0.25, -0.2) is 0 Å². The Labute approximate surface area is 54.5 Å². The molecule has 50 valence electrons. The Kier molecular flexibility index (Phi) is 1.10. The van der Waals surface area contributed by atoms with E-state index in [1.54, 1.807) is 0 Å². The molecule has 0 aliphatic carbocycles. The van der Waals surface area contributed by atoms with Crippen molar-refractivity contribution in [3.05, 3.63) is 12.2 Å². The molecule has 0 aromatic heterocycles. The van der Waals surface area contributed by atoms with Crippen LogP contribution in [0.25, 0.3) is 0 Å². The zero-order valence-corrected chi connectivity index (χ0v) is 5.30. The molecule has 2 heterocycles. The molecule has 2 aliphatic rings. The predicted molar refractivity (Wildman–Crippen MR) is 32.9 cm³/mol. The molecule has 0 spiro atoms. The Hall–Kier alpha value is -0.340. The van der Waals surface area contributed by atoms with Crippen LogP contribution in [0.4, 0.5) is 0 Å². The molecule has 0 N–H and O–H groups in total. The monoisotopic (exact) mass is 126 g/mol. The molecule has 2 nitrogen and oxygen atoms in total. The van der Waals surface area contributed by atoms with Gasteiger partial charge >= 0.3 is 0 Å². The third-order valence-corrected chi connectivity index (χ3v) is 2.00. The van der Waals surface area contributed by atoms with Crippen molar-refractivity contribution in [2.24, 2.45) is 5.92 Å². The Morgan fingerprint density at radius 2 is 2.33 bits per heavy atom. The molecule has 2 rings (SSSR count). The molecule has 2 heteroatoms. The van der Waals surface area contributed by atoms with Gasteiger partial charge in [-0.1, -0.05) is 6.58 Å². The van der Waals surface area contributed by atoms with Gasteiger partial charge in [0.25, 0.3) is 0 Å². The van der Waals surface area contributed by atoms with Crippen LogP contribution in [0.3, 0.4) is 0 Å². The zero-order chi connectivity index (χ0) is 6.27. The maximum Gasteiger partial charge on any atom is 0.164 e. The first-order chi connectivity index (χ1) is 4.38. The van der Waals surface area contributed by atoms with E-state index < -0.39 is 0 Å². The average molecular weight is 126 g/mol. The highest BCUT2D eigenvalue weighted by molar-refractivity contribution is 5.08. The maximum absolute atomic E-state index is 5.27. The van der Waals surface area contributed by atoms with E-state index in [0.29, 0.717) is 12.5 Å². The minimum atomic E-state index is 0.0532. The van der Waals surface area contributed by atoms with Crippen LogP contribution in [0.1, 0.15) is 6.42 Å². The van der Waals surface area contributed by atoms with E-state index in [4.69, 9.17) is 9.47 Å². The summed E-state index contributed by atoms with van der Waals surface area (Å²) in [5, 5.41) is 0. The van der Waals surface area contributed by atoms with E-state index in [1.165, 1.54) is 5.57 Å². The van der Waals surface area contributed by atoms with Gasteiger partial charge in [-0.15, -0.1) is 0 Å². The molecule has 2 aliphatic heterocycles. The SMILES string of the molecule is C=C1CO[C@H]2OCCC12. The third-order valence-electron chi connectivity index (χ3n) is 2.00. The van der Waals surface area contributed by atoms with E-state index in [2.05, 4.69) is 6.58 Å². The summed E-state index contributed by atoms with van der Waals surface area (Å²) in [6.07, 6.45) is 1.15. The van der Waals surface area contributed by atoms with Crippen LogP contribution in [0.15, 0.2) is 12.2 Å². The van der Waals surface area contributed by atoms with Gasteiger partial charge in [-0.05, 0) is 12.0 Å². The van der Waals surface area contributed by atoms with E-state index in [0.717, 1.165) is 13.0 Å². The summed E-state index contributed by atoms with van der Waals surface area (Å²) in [6, 6.07) is 0. The van der Waals surface area contributed by atoms with Crippen LogP contribution in [-0.4, -0.2) is 19.5 Å². The van der Waals surface area contributed by atoms with Gasteiger partial charge in [0.2, 0.25) is 0 Å². The second-order valence-corrected chi connectivity index (χ2v) is 2.60. The molecule has 2 fully saturated rings. The van der Waals surface area contributed by atoms with Crippen molar-refractivity contribution < 1.29 is 9.47 Å². The first kappa shape index (κ1) is 5.45. The Bertz CT molecular complexity index is 142. The molecule has 0 saturated carbocycles. The molecule has 0 bridgehead atoms. The van der Waals surface area contributed by atoms with Crippen LogP contribution in [-0.2, 0) is 9.47 Å².